The molecule has 0 fully saturated rings. The first kappa shape index (κ1) is 9.53. The Kier molecular flexibility index (Phi) is 2.30. The molecular formula is C8H9N5O2. The number of carboxylic acids is 1. The lowest BCUT2D eigenvalue weighted by atomic mass is 10.3. The Morgan fingerprint density at radius 2 is 2.40 bits per heavy atom. The third-order valence-electron chi connectivity index (χ3n) is 1.99. The molecule has 2 rings (SSSR count). The number of imidazole rings is 1. The minimum atomic E-state index is -1.05. The summed E-state index contributed by atoms with van der Waals surface area (Å²) in [6.07, 6.45) is 4.44. The first-order valence-electron chi connectivity index (χ1n) is 4.27. The van der Waals surface area contributed by atoms with Crippen molar-refractivity contribution in [3.05, 3.63) is 18.9 Å². The maximum absolute atomic E-state index is 10.6. The maximum Gasteiger partial charge on any atom is 0.322 e. The van der Waals surface area contributed by atoms with E-state index in [0.717, 1.165) is 0 Å². The lowest BCUT2D eigenvalue weighted by Gasteiger charge is -2.06. The quantitative estimate of drug-likeness (QED) is 0.684. The fourth-order valence-corrected chi connectivity index (χ4v) is 1.24. The highest BCUT2D eigenvalue weighted by Gasteiger charge is 2.13. The van der Waals surface area contributed by atoms with Gasteiger partial charge < -0.3 is 15.4 Å². The molecule has 0 saturated heterocycles. The molecule has 0 aliphatic rings. The first-order valence-corrected chi connectivity index (χ1v) is 4.27. The van der Waals surface area contributed by atoms with E-state index in [1.54, 1.807) is 10.8 Å². The number of carbonyl (C=O) groups is 1. The predicted molar refractivity (Wildman–Crippen MR) is 50.9 cm³/mol. The van der Waals surface area contributed by atoms with Crippen LogP contribution in [0, 0.1) is 0 Å². The van der Waals surface area contributed by atoms with Crippen molar-refractivity contribution in [1.82, 2.24) is 19.5 Å². The van der Waals surface area contributed by atoms with Crippen molar-refractivity contribution in [3.63, 3.8) is 0 Å². The van der Waals surface area contributed by atoms with E-state index in [1.165, 1.54) is 12.7 Å². The molecule has 7 heteroatoms. The van der Waals surface area contributed by atoms with Crippen molar-refractivity contribution in [2.45, 2.75) is 12.6 Å². The average Bonchev–Trinajstić information content (AvgIpc) is 2.62. The number of hydrogen-bond donors (Lipinski definition) is 2. The van der Waals surface area contributed by atoms with Gasteiger partial charge >= 0.3 is 5.97 Å². The Morgan fingerprint density at radius 1 is 1.60 bits per heavy atom. The van der Waals surface area contributed by atoms with Crippen molar-refractivity contribution in [1.29, 1.82) is 0 Å². The van der Waals surface area contributed by atoms with Gasteiger partial charge in [-0.25, -0.2) is 15.0 Å². The zero-order valence-corrected chi connectivity index (χ0v) is 7.74. The van der Waals surface area contributed by atoms with Crippen molar-refractivity contribution >= 4 is 17.1 Å². The highest BCUT2D eigenvalue weighted by atomic mass is 16.4. The third kappa shape index (κ3) is 1.77. The van der Waals surface area contributed by atoms with Crippen molar-refractivity contribution in [2.75, 3.05) is 0 Å². The number of aliphatic carboxylic acids is 1. The monoisotopic (exact) mass is 207 g/mol. The number of hydrogen-bond acceptors (Lipinski definition) is 5. The van der Waals surface area contributed by atoms with Crippen LogP contribution < -0.4 is 5.73 Å². The van der Waals surface area contributed by atoms with E-state index in [9.17, 15) is 4.79 Å². The molecule has 0 aromatic carbocycles. The van der Waals surface area contributed by atoms with Gasteiger partial charge in [-0.2, -0.15) is 0 Å². The number of rotatable bonds is 3. The van der Waals surface area contributed by atoms with Crippen LogP contribution in [0.25, 0.3) is 11.2 Å². The minimum absolute atomic E-state index is 0.142. The van der Waals surface area contributed by atoms with Crippen LogP contribution in [0.1, 0.15) is 0 Å². The number of nitrogens with zero attached hydrogens (tertiary/aromatic N) is 4. The maximum atomic E-state index is 10.6. The van der Waals surface area contributed by atoms with Crippen molar-refractivity contribution in [2.24, 2.45) is 5.73 Å². The van der Waals surface area contributed by atoms with Gasteiger partial charge in [-0.3, -0.25) is 4.79 Å². The summed E-state index contributed by atoms with van der Waals surface area (Å²) < 4.78 is 1.59. The van der Waals surface area contributed by atoms with Crippen LogP contribution in [0.4, 0.5) is 0 Å². The van der Waals surface area contributed by atoms with Crippen LogP contribution in [-0.2, 0) is 11.3 Å². The number of aromatic nitrogens is 4. The van der Waals surface area contributed by atoms with Crippen LogP contribution >= 0.6 is 0 Å². The molecule has 0 spiro atoms. The number of carboxylic acid groups (broad SMARTS) is 1. The Bertz CT molecular complexity index is 494. The van der Waals surface area contributed by atoms with E-state index in [0.29, 0.717) is 11.2 Å². The van der Waals surface area contributed by atoms with Gasteiger partial charge in [0.05, 0.1) is 19.1 Å². The van der Waals surface area contributed by atoms with E-state index in [4.69, 9.17) is 10.8 Å². The van der Waals surface area contributed by atoms with E-state index >= 15 is 0 Å². The minimum Gasteiger partial charge on any atom is -0.480 e. The van der Waals surface area contributed by atoms with Crippen LogP contribution in [0.15, 0.2) is 18.9 Å². The van der Waals surface area contributed by atoms with Gasteiger partial charge in [0.15, 0.2) is 5.65 Å². The molecule has 0 bridgehead atoms. The highest BCUT2D eigenvalue weighted by molar-refractivity contribution is 5.74. The van der Waals surface area contributed by atoms with Gasteiger partial charge in [-0.15, -0.1) is 0 Å². The molecule has 0 unspecified atom stereocenters. The Hall–Kier alpha value is -2.02. The third-order valence-corrected chi connectivity index (χ3v) is 1.99. The van der Waals surface area contributed by atoms with E-state index in [2.05, 4.69) is 15.0 Å². The van der Waals surface area contributed by atoms with Crippen LogP contribution in [0.5, 0.6) is 0 Å². The van der Waals surface area contributed by atoms with E-state index in [-0.39, 0.29) is 6.54 Å². The summed E-state index contributed by atoms with van der Waals surface area (Å²) in [4.78, 5) is 22.4. The van der Waals surface area contributed by atoms with E-state index in [1.807, 2.05) is 0 Å². The van der Waals surface area contributed by atoms with Gasteiger partial charge in [-0.05, 0) is 0 Å². The standard InChI is InChI=1S/C8H9N5O2/c9-5(8(14)15)2-13-4-12-6-1-10-3-11-7(6)13/h1,3-5H,2,9H2,(H,14,15)/t5-/m0/s1. The van der Waals surface area contributed by atoms with Crippen LogP contribution in [-0.4, -0.2) is 36.6 Å². The fraction of sp³-hybridized carbons (Fsp3) is 0.250. The van der Waals surface area contributed by atoms with Crippen LogP contribution in [0.2, 0.25) is 0 Å². The summed E-state index contributed by atoms with van der Waals surface area (Å²) in [7, 11) is 0. The van der Waals surface area contributed by atoms with Gasteiger partial charge in [0, 0.05) is 0 Å². The second-order valence-corrected chi connectivity index (χ2v) is 3.07. The molecule has 0 radical (unpaired) electrons. The summed E-state index contributed by atoms with van der Waals surface area (Å²) >= 11 is 0. The summed E-state index contributed by atoms with van der Waals surface area (Å²) in [5.74, 6) is -1.05. The lowest BCUT2D eigenvalue weighted by Crippen LogP contribution is -2.34. The van der Waals surface area contributed by atoms with Crippen molar-refractivity contribution < 1.29 is 9.90 Å². The lowest BCUT2D eigenvalue weighted by molar-refractivity contribution is -0.138. The highest BCUT2D eigenvalue weighted by Crippen LogP contribution is 2.07. The Balaban J connectivity index is 2.32. The first-order chi connectivity index (χ1) is 7.18. The van der Waals surface area contributed by atoms with Gasteiger partial charge in [0.25, 0.3) is 0 Å². The molecule has 7 nitrogen and oxygen atoms in total. The van der Waals surface area contributed by atoms with E-state index < -0.39 is 12.0 Å². The SMILES string of the molecule is N[C@@H](Cn1cnc2cncnc21)C(=O)O. The topological polar surface area (TPSA) is 107 Å². The second kappa shape index (κ2) is 3.62. The Morgan fingerprint density at radius 3 is 3.13 bits per heavy atom. The molecule has 0 aliphatic heterocycles. The van der Waals surface area contributed by atoms with Gasteiger partial charge in [0.1, 0.15) is 17.9 Å². The van der Waals surface area contributed by atoms with Gasteiger partial charge in [-0.1, -0.05) is 0 Å². The zero-order chi connectivity index (χ0) is 10.8. The predicted octanol–water partition coefficient (Wildman–Crippen LogP) is -0.762. The summed E-state index contributed by atoms with van der Waals surface area (Å²) in [5.41, 5.74) is 6.61. The van der Waals surface area contributed by atoms with Crippen LogP contribution in [0.3, 0.4) is 0 Å². The zero-order valence-electron chi connectivity index (χ0n) is 7.74. The van der Waals surface area contributed by atoms with Gasteiger partial charge in [0.2, 0.25) is 0 Å². The number of fused-ring (bicyclic) bond motifs is 1. The molecule has 0 amide bonds. The largest absolute Gasteiger partial charge is 0.480 e. The molecule has 2 heterocycles. The molecule has 1 atom stereocenters. The second-order valence-electron chi connectivity index (χ2n) is 3.07. The normalized spacial score (nSPS) is 12.9. The molecule has 0 saturated carbocycles. The molecule has 78 valence electrons. The molecule has 15 heavy (non-hydrogen) atoms. The molecule has 2 aromatic rings. The van der Waals surface area contributed by atoms with Crippen molar-refractivity contribution in [3.8, 4) is 0 Å². The summed E-state index contributed by atoms with van der Waals surface area (Å²) in [6.45, 7) is 0.142. The molecule has 3 N–H and O–H groups in total. The fourth-order valence-electron chi connectivity index (χ4n) is 1.24. The molecule has 0 aliphatic carbocycles. The number of nitrogens with two attached hydrogens (primary N) is 1. The Labute approximate surface area is 84.6 Å². The summed E-state index contributed by atoms with van der Waals surface area (Å²) in [6, 6.07) is -0.961. The molecular weight excluding hydrogens is 198 g/mol. The average molecular weight is 207 g/mol. The summed E-state index contributed by atoms with van der Waals surface area (Å²) in [5, 5.41) is 8.66. The molecule has 2 aromatic heterocycles. The smallest absolute Gasteiger partial charge is 0.322 e.